The van der Waals surface area contributed by atoms with Gasteiger partial charge >= 0.3 is 0 Å². The SMILES string of the molecule is Nc1ccc2nc(S(=O)Cc3ccncc3Cl)[nH]c2c1. The summed E-state index contributed by atoms with van der Waals surface area (Å²) in [6, 6.07) is 7.07. The molecule has 1 unspecified atom stereocenters. The number of halogens is 1. The van der Waals surface area contributed by atoms with Crippen LogP contribution < -0.4 is 5.73 Å². The van der Waals surface area contributed by atoms with Crippen LogP contribution in [0.2, 0.25) is 5.02 Å². The van der Waals surface area contributed by atoms with Gasteiger partial charge in [-0.2, -0.15) is 0 Å². The Labute approximate surface area is 122 Å². The molecule has 3 aromatic rings. The molecule has 1 atom stereocenters. The van der Waals surface area contributed by atoms with Gasteiger partial charge in [-0.25, -0.2) is 4.98 Å². The van der Waals surface area contributed by atoms with Crippen LogP contribution in [0.3, 0.4) is 0 Å². The molecule has 0 spiro atoms. The molecular weight excluding hydrogens is 296 g/mol. The molecule has 0 bridgehead atoms. The Bertz CT molecular complexity index is 802. The fourth-order valence-electron chi connectivity index (χ4n) is 1.84. The number of nitrogens with one attached hydrogen (secondary N) is 1. The summed E-state index contributed by atoms with van der Waals surface area (Å²) in [5, 5.41) is 0.916. The number of imidazole rings is 1. The molecule has 0 saturated carbocycles. The summed E-state index contributed by atoms with van der Waals surface area (Å²) in [6.45, 7) is 0. The van der Waals surface area contributed by atoms with E-state index in [1.54, 1.807) is 30.5 Å². The van der Waals surface area contributed by atoms with Gasteiger partial charge in [-0.05, 0) is 29.8 Å². The predicted octanol–water partition coefficient (Wildman–Crippen LogP) is 2.50. The fraction of sp³-hybridized carbons (Fsp3) is 0.0769. The predicted molar refractivity (Wildman–Crippen MR) is 79.9 cm³/mol. The molecule has 0 aliphatic rings. The van der Waals surface area contributed by atoms with E-state index in [0.717, 1.165) is 16.6 Å². The number of nitrogen functional groups attached to an aromatic ring is 1. The van der Waals surface area contributed by atoms with Crippen LogP contribution in [0.25, 0.3) is 11.0 Å². The van der Waals surface area contributed by atoms with Gasteiger partial charge < -0.3 is 10.7 Å². The lowest BCUT2D eigenvalue weighted by molar-refractivity contribution is 0.677. The summed E-state index contributed by atoms with van der Waals surface area (Å²) in [5.74, 6) is 0.288. The molecule has 0 saturated heterocycles. The first-order valence-corrected chi connectivity index (χ1v) is 7.55. The van der Waals surface area contributed by atoms with Gasteiger partial charge in [-0.15, -0.1) is 0 Å². The van der Waals surface area contributed by atoms with E-state index in [-0.39, 0.29) is 5.75 Å². The van der Waals surface area contributed by atoms with Crippen LogP contribution in [0.4, 0.5) is 5.69 Å². The Hall–Kier alpha value is -1.92. The smallest absolute Gasteiger partial charge is 0.197 e. The monoisotopic (exact) mass is 306 g/mol. The van der Waals surface area contributed by atoms with Crippen molar-refractivity contribution in [2.24, 2.45) is 0 Å². The maximum atomic E-state index is 12.3. The first kappa shape index (κ1) is 13.1. The molecule has 20 heavy (non-hydrogen) atoms. The van der Waals surface area contributed by atoms with Crippen molar-refractivity contribution in [2.75, 3.05) is 5.73 Å². The molecule has 0 aliphatic carbocycles. The average Bonchev–Trinajstić information content (AvgIpc) is 2.84. The molecule has 0 amide bonds. The van der Waals surface area contributed by atoms with Crippen molar-refractivity contribution in [1.82, 2.24) is 15.0 Å². The minimum absolute atomic E-state index is 0.288. The third kappa shape index (κ3) is 2.52. The van der Waals surface area contributed by atoms with Crippen LogP contribution in [0.5, 0.6) is 0 Å². The number of rotatable bonds is 3. The average molecular weight is 307 g/mol. The Balaban J connectivity index is 1.91. The van der Waals surface area contributed by atoms with Crippen molar-refractivity contribution in [2.45, 2.75) is 10.9 Å². The minimum atomic E-state index is -1.30. The van der Waals surface area contributed by atoms with E-state index < -0.39 is 10.8 Å². The number of fused-ring (bicyclic) bond motifs is 1. The normalized spacial score (nSPS) is 12.7. The molecule has 0 fully saturated rings. The van der Waals surface area contributed by atoms with Crippen molar-refractivity contribution in [3.63, 3.8) is 0 Å². The molecule has 102 valence electrons. The third-order valence-electron chi connectivity index (χ3n) is 2.84. The van der Waals surface area contributed by atoms with E-state index in [0.29, 0.717) is 15.9 Å². The van der Waals surface area contributed by atoms with E-state index in [1.807, 2.05) is 0 Å². The summed E-state index contributed by atoms with van der Waals surface area (Å²) in [5.41, 5.74) is 8.63. The molecule has 0 aliphatic heterocycles. The molecule has 3 rings (SSSR count). The van der Waals surface area contributed by atoms with Crippen molar-refractivity contribution >= 4 is 39.1 Å². The van der Waals surface area contributed by atoms with Gasteiger partial charge in [-0.1, -0.05) is 11.6 Å². The number of pyridine rings is 1. The van der Waals surface area contributed by atoms with Crippen molar-refractivity contribution < 1.29 is 4.21 Å². The highest BCUT2D eigenvalue weighted by Crippen LogP contribution is 2.20. The molecular formula is C13H11ClN4OS. The minimum Gasteiger partial charge on any atom is -0.399 e. The second-order valence-electron chi connectivity index (χ2n) is 4.28. The first-order chi connectivity index (χ1) is 9.63. The molecule has 2 heterocycles. The summed E-state index contributed by atoms with van der Waals surface area (Å²) in [4.78, 5) is 11.2. The molecule has 7 heteroatoms. The molecule has 2 aromatic heterocycles. The quantitative estimate of drug-likeness (QED) is 0.728. The van der Waals surface area contributed by atoms with Gasteiger partial charge in [0.2, 0.25) is 0 Å². The third-order valence-corrected chi connectivity index (χ3v) is 4.38. The van der Waals surface area contributed by atoms with Gasteiger partial charge in [0.25, 0.3) is 0 Å². The lowest BCUT2D eigenvalue weighted by Gasteiger charge is -2.01. The van der Waals surface area contributed by atoms with Gasteiger partial charge in [0.15, 0.2) is 5.16 Å². The summed E-state index contributed by atoms with van der Waals surface area (Å²) >= 11 is 6.01. The topological polar surface area (TPSA) is 84.7 Å². The fourth-order valence-corrected chi connectivity index (χ4v) is 3.20. The van der Waals surface area contributed by atoms with Crippen molar-refractivity contribution in [1.29, 1.82) is 0 Å². The van der Waals surface area contributed by atoms with Crippen LogP contribution >= 0.6 is 11.6 Å². The number of aromatic nitrogens is 3. The Morgan fingerprint density at radius 2 is 2.20 bits per heavy atom. The zero-order valence-electron chi connectivity index (χ0n) is 10.3. The van der Waals surface area contributed by atoms with Crippen LogP contribution in [0.1, 0.15) is 5.56 Å². The lowest BCUT2D eigenvalue weighted by atomic mass is 10.3. The molecule has 1 aromatic carbocycles. The van der Waals surface area contributed by atoms with Crippen LogP contribution in [-0.2, 0) is 16.6 Å². The number of benzene rings is 1. The van der Waals surface area contributed by atoms with E-state index in [9.17, 15) is 4.21 Å². The Morgan fingerprint density at radius 3 is 3.00 bits per heavy atom. The van der Waals surface area contributed by atoms with Gasteiger partial charge in [0.05, 0.1) is 32.6 Å². The van der Waals surface area contributed by atoms with Gasteiger partial charge in [0, 0.05) is 18.1 Å². The van der Waals surface area contributed by atoms with Crippen LogP contribution in [0, 0.1) is 0 Å². The Kier molecular flexibility index (Phi) is 3.42. The highest BCUT2D eigenvalue weighted by molar-refractivity contribution is 7.84. The zero-order valence-corrected chi connectivity index (χ0v) is 11.9. The summed E-state index contributed by atoms with van der Waals surface area (Å²) < 4.78 is 12.3. The number of H-pyrrole nitrogens is 1. The van der Waals surface area contributed by atoms with E-state index in [4.69, 9.17) is 17.3 Å². The number of nitrogens with two attached hydrogens (primary N) is 1. The number of anilines is 1. The van der Waals surface area contributed by atoms with Crippen LogP contribution in [-0.4, -0.2) is 19.2 Å². The zero-order chi connectivity index (χ0) is 14.1. The summed E-state index contributed by atoms with van der Waals surface area (Å²) in [7, 11) is -1.30. The standard InChI is InChI=1S/C13H11ClN4OS/c14-10-6-16-4-3-8(10)7-20(19)13-17-11-2-1-9(15)5-12(11)18-13/h1-6H,7,15H2,(H,17,18). The Morgan fingerprint density at radius 1 is 1.35 bits per heavy atom. The largest absolute Gasteiger partial charge is 0.399 e. The number of hydrogen-bond donors (Lipinski definition) is 2. The second-order valence-corrected chi connectivity index (χ2v) is 6.05. The highest BCUT2D eigenvalue weighted by Gasteiger charge is 2.12. The lowest BCUT2D eigenvalue weighted by Crippen LogP contribution is -1.99. The van der Waals surface area contributed by atoms with Gasteiger partial charge in [-0.3, -0.25) is 9.19 Å². The van der Waals surface area contributed by atoms with Crippen LogP contribution in [0.15, 0.2) is 41.8 Å². The highest BCUT2D eigenvalue weighted by atomic mass is 35.5. The number of hydrogen-bond acceptors (Lipinski definition) is 4. The maximum Gasteiger partial charge on any atom is 0.197 e. The van der Waals surface area contributed by atoms with Crippen molar-refractivity contribution in [3.05, 3.63) is 47.2 Å². The van der Waals surface area contributed by atoms with E-state index >= 15 is 0 Å². The van der Waals surface area contributed by atoms with E-state index in [2.05, 4.69) is 15.0 Å². The summed E-state index contributed by atoms with van der Waals surface area (Å²) in [6.07, 6.45) is 3.16. The number of nitrogens with zero attached hydrogens (tertiary/aromatic N) is 2. The molecule has 0 radical (unpaired) electrons. The van der Waals surface area contributed by atoms with E-state index in [1.165, 1.54) is 6.20 Å². The first-order valence-electron chi connectivity index (χ1n) is 5.85. The molecule has 5 nitrogen and oxygen atoms in total. The second kappa shape index (κ2) is 5.22. The van der Waals surface area contributed by atoms with Crippen molar-refractivity contribution in [3.8, 4) is 0 Å². The number of aromatic amines is 1. The molecule has 3 N–H and O–H groups in total. The van der Waals surface area contributed by atoms with Gasteiger partial charge in [0.1, 0.15) is 0 Å². The maximum absolute atomic E-state index is 12.3.